The van der Waals surface area contributed by atoms with Gasteiger partial charge in [0.1, 0.15) is 30.7 Å². The Hall–Kier alpha value is -0.890. The van der Waals surface area contributed by atoms with Crippen LogP contribution in [0.3, 0.4) is 0 Å². The molecule has 7 nitrogen and oxygen atoms in total. The van der Waals surface area contributed by atoms with Crippen LogP contribution in [0.15, 0.2) is 0 Å². The Kier molecular flexibility index (Phi) is 5.54. The second-order valence-electron chi connectivity index (χ2n) is 5.55. The fourth-order valence-electron chi connectivity index (χ4n) is 1.76. The minimum absolute atomic E-state index is 0.0168. The average molecular weight is 277 g/mol. The van der Waals surface area contributed by atoms with Crippen molar-refractivity contribution in [2.75, 3.05) is 27.0 Å². The van der Waals surface area contributed by atoms with Gasteiger partial charge in [-0.05, 0) is 20.8 Å². The van der Waals surface area contributed by atoms with Crippen molar-refractivity contribution in [1.82, 2.24) is 4.90 Å². The highest BCUT2D eigenvalue weighted by Crippen LogP contribution is 2.18. The van der Waals surface area contributed by atoms with Crippen molar-refractivity contribution in [3.63, 3.8) is 0 Å². The van der Waals surface area contributed by atoms with Crippen LogP contribution in [0.2, 0.25) is 0 Å². The van der Waals surface area contributed by atoms with Crippen LogP contribution in [0.1, 0.15) is 20.8 Å². The summed E-state index contributed by atoms with van der Waals surface area (Å²) in [6.07, 6.45) is -3.35. The highest BCUT2D eigenvalue weighted by Gasteiger charge is 2.38. The first-order valence-corrected chi connectivity index (χ1v) is 6.19. The smallest absolute Gasteiger partial charge is 0.410 e. The maximum atomic E-state index is 11.9. The number of carbonyl (C=O) groups is 1. The maximum Gasteiger partial charge on any atom is 0.410 e. The quantitative estimate of drug-likeness (QED) is 0.703. The lowest BCUT2D eigenvalue weighted by molar-refractivity contribution is -0.165. The molecule has 1 aliphatic rings. The van der Waals surface area contributed by atoms with Gasteiger partial charge in [-0.15, -0.1) is 0 Å². The molecular weight excluding hydrogens is 254 g/mol. The number of carbonyl (C=O) groups excluding carboxylic acids is 1. The molecular formula is C12H23NO6. The largest absolute Gasteiger partial charge is 0.444 e. The highest BCUT2D eigenvalue weighted by atomic mass is 16.7. The number of aliphatic hydroxyl groups excluding tert-OH is 2. The van der Waals surface area contributed by atoms with Crippen LogP contribution < -0.4 is 0 Å². The molecule has 112 valence electrons. The molecule has 1 aliphatic heterocycles. The number of nitrogens with zero attached hydrogens (tertiary/aromatic N) is 1. The summed E-state index contributed by atoms with van der Waals surface area (Å²) in [6, 6.07) is 0. The van der Waals surface area contributed by atoms with E-state index in [1.165, 1.54) is 12.0 Å². The predicted octanol–water partition coefficient (Wildman–Crippen LogP) is -0.0520. The molecule has 1 amide bonds. The lowest BCUT2D eigenvalue weighted by Crippen LogP contribution is -2.58. The van der Waals surface area contributed by atoms with Crippen molar-refractivity contribution in [3.8, 4) is 0 Å². The van der Waals surface area contributed by atoms with Gasteiger partial charge in [-0.3, -0.25) is 0 Å². The molecule has 0 radical (unpaired) electrons. The Labute approximate surface area is 113 Å². The van der Waals surface area contributed by atoms with Crippen LogP contribution in [-0.2, 0) is 14.2 Å². The van der Waals surface area contributed by atoms with Crippen LogP contribution in [0.5, 0.6) is 0 Å². The number of rotatable bonds is 3. The summed E-state index contributed by atoms with van der Waals surface area (Å²) >= 11 is 0. The van der Waals surface area contributed by atoms with E-state index in [0.717, 1.165) is 0 Å². The lowest BCUT2D eigenvalue weighted by Gasteiger charge is -2.39. The number of β-amino-alcohol motifs (C(OH)–C–C–N with tert-alkyl or cyclic N) is 1. The summed E-state index contributed by atoms with van der Waals surface area (Å²) in [5, 5.41) is 19.5. The molecule has 0 aromatic carbocycles. The molecule has 1 rings (SSSR count). The summed E-state index contributed by atoms with van der Waals surface area (Å²) in [7, 11) is 1.46. The first kappa shape index (κ1) is 16.2. The number of hydrogen-bond acceptors (Lipinski definition) is 6. The molecule has 1 heterocycles. The topological polar surface area (TPSA) is 88.5 Å². The van der Waals surface area contributed by atoms with E-state index in [-0.39, 0.29) is 19.9 Å². The maximum absolute atomic E-state index is 11.9. The van der Waals surface area contributed by atoms with E-state index >= 15 is 0 Å². The summed E-state index contributed by atoms with van der Waals surface area (Å²) in [6.45, 7) is 5.44. The molecule has 7 heteroatoms. The molecule has 0 bridgehead atoms. The molecule has 1 saturated heterocycles. The Morgan fingerprint density at radius 1 is 1.32 bits per heavy atom. The third-order valence-corrected chi connectivity index (χ3v) is 2.63. The van der Waals surface area contributed by atoms with Gasteiger partial charge in [0.05, 0.1) is 13.1 Å². The molecule has 3 atom stereocenters. The minimum atomic E-state index is -1.07. The third kappa shape index (κ3) is 4.94. The number of aliphatic hydroxyl groups is 2. The first-order valence-electron chi connectivity index (χ1n) is 6.19. The Morgan fingerprint density at radius 2 is 1.95 bits per heavy atom. The molecule has 0 aliphatic carbocycles. The van der Waals surface area contributed by atoms with Gasteiger partial charge >= 0.3 is 6.09 Å². The van der Waals surface area contributed by atoms with Crippen molar-refractivity contribution in [2.24, 2.45) is 0 Å². The number of hydrogen-bond donors (Lipinski definition) is 2. The lowest BCUT2D eigenvalue weighted by atomic mass is 10.0. The second kappa shape index (κ2) is 6.51. The van der Waals surface area contributed by atoms with E-state index < -0.39 is 30.0 Å². The van der Waals surface area contributed by atoms with Crippen molar-refractivity contribution < 1.29 is 29.2 Å². The highest BCUT2D eigenvalue weighted by molar-refractivity contribution is 5.68. The SMILES string of the molecule is COCO[C@@H]1CN(C(=O)OC(C)(C)C)C[C@@H](O)[C@H]1O. The molecule has 0 saturated carbocycles. The number of likely N-dealkylation sites (tertiary alicyclic amines) is 1. The van der Waals surface area contributed by atoms with Gasteiger partial charge < -0.3 is 29.3 Å². The summed E-state index contributed by atoms with van der Waals surface area (Å²) < 4.78 is 15.2. The van der Waals surface area contributed by atoms with Gasteiger partial charge in [0.25, 0.3) is 0 Å². The van der Waals surface area contributed by atoms with Gasteiger partial charge in [-0.2, -0.15) is 0 Å². The van der Waals surface area contributed by atoms with Crippen LogP contribution in [-0.4, -0.2) is 72.1 Å². The van der Waals surface area contributed by atoms with Crippen LogP contribution in [0.25, 0.3) is 0 Å². The standard InChI is InChI=1S/C12H23NO6/c1-12(2,3)19-11(16)13-5-8(14)10(15)9(6-13)18-7-17-4/h8-10,14-15H,5-7H2,1-4H3/t8-,9-,10-/m1/s1. The van der Waals surface area contributed by atoms with Gasteiger partial charge in [-0.25, -0.2) is 4.79 Å². The zero-order chi connectivity index (χ0) is 14.6. The Balaban J connectivity index is 2.62. The van der Waals surface area contributed by atoms with E-state index in [2.05, 4.69) is 0 Å². The van der Waals surface area contributed by atoms with Crippen LogP contribution in [0, 0.1) is 0 Å². The normalized spacial score (nSPS) is 28.3. The molecule has 1 fully saturated rings. The zero-order valence-corrected chi connectivity index (χ0v) is 11.8. The molecule has 19 heavy (non-hydrogen) atoms. The monoisotopic (exact) mass is 277 g/mol. The molecule has 0 unspecified atom stereocenters. The second-order valence-corrected chi connectivity index (χ2v) is 5.55. The molecule has 0 aromatic rings. The number of ether oxygens (including phenoxy) is 3. The van der Waals surface area contributed by atoms with Gasteiger partial charge in [0, 0.05) is 7.11 Å². The van der Waals surface area contributed by atoms with Crippen molar-refractivity contribution >= 4 is 6.09 Å². The number of methoxy groups -OCH3 is 1. The van der Waals surface area contributed by atoms with E-state index in [1.807, 2.05) is 0 Å². The fraction of sp³-hybridized carbons (Fsp3) is 0.917. The zero-order valence-electron chi connectivity index (χ0n) is 11.8. The van der Waals surface area contributed by atoms with E-state index in [4.69, 9.17) is 14.2 Å². The van der Waals surface area contributed by atoms with Crippen LogP contribution >= 0.6 is 0 Å². The molecule has 0 aromatic heterocycles. The van der Waals surface area contributed by atoms with Crippen LogP contribution in [0.4, 0.5) is 4.79 Å². The van der Waals surface area contributed by atoms with Crippen molar-refractivity contribution in [2.45, 2.75) is 44.7 Å². The first-order chi connectivity index (χ1) is 8.74. The molecule has 0 spiro atoms. The van der Waals surface area contributed by atoms with E-state index in [1.54, 1.807) is 20.8 Å². The Morgan fingerprint density at radius 3 is 2.47 bits per heavy atom. The molecule has 2 N–H and O–H groups in total. The summed E-state index contributed by atoms with van der Waals surface area (Å²) in [5.74, 6) is 0. The predicted molar refractivity (Wildman–Crippen MR) is 66.6 cm³/mol. The van der Waals surface area contributed by atoms with E-state index in [0.29, 0.717) is 0 Å². The average Bonchev–Trinajstić information content (AvgIpc) is 2.28. The van der Waals surface area contributed by atoms with Crippen molar-refractivity contribution in [3.05, 3.63) is 0 Å². The minimum Gasteiger partial charge on any atom is -0.444 e. The van der Waals surface area contributed by atoms with E-state index in [9.17, 15) is 15.0 Å². The van der Waals surface area contributed by atoms with Gasteiger partial charge in [0.15, 0.2) is 0 Å². The summed E-state index contributed by atoms with van der Waals surface area (Å²) in [5.41, 5.74) is -0.610. The fourth-order valence-corrected chi connectivity index (χ4v) is 1.76. The van der Waals surface area contributed by atoms with Crippen molar-refractivity contribution in [1.29, 1.82) is 0 Å². The summed E-state index contributed by atoms with van der Waals surface area (Å²) in [4.78, 5) is 13.2. The third-order valence-electron chi connectivity index (χ3n) is 2.63. The van der Waals surface area contributed by atoms with Gasteiger partial charge in [-0.1, -0.05) is 0 Å². The number of piperidine rings is 1. The number of amides is 1. The van der Waals surface area contributed by atoms with Gasteiger partial charge in [0.2, 0.25) is 0 Å². The Bertz CT molecular complexity index is 303.